The van der Waals surface area contributed by atoms with E-state index < -0.39 is 29.4 Å². The van der Waals surface area contributed by atoms with Gasteiger partial charge < -0.3 is 11.2 Å². The monoisotopic (exact) mass is 231 g/mol. The van der Waals surface area contributed by atoms with E-state index in [9.17, 15) is 26.7 Å². The van der Waals surface area contributed by atoms with Crippen molar-refractivity contribution in [3.05, 3.63) is 11.3 Å². The zero-order chi connectivity index (χ0) is 12.0. The van der Waals surface area contributed by atoms with Crippen LogP contribution >= 0.6 is 0 Å². The Morgan fingerprint density at radius 2 is 1.93 bits per heavy atom. The van der Waals surface area contributed by atoms with E-state index in [1.165, 1.54) is 5.43 Å². The topological polar surface area (TPSA) is 58.4 Å². The molecule has 1 aliphatic rings. The van der Waals surface area contributed by atoms with Gasteiger partial charge in [-0.15, -0.1) is 0 Å². The molecule has 0 aromatic heterocycles. The third kappa shape index (κ3) is 1.74. The summed E-state index contributed by atoms with van der Waals surface area (Å²) in [6.07, 6.45) is -5.08. The van der Waals surface area contributed by atoms with Crippen molar-refractivity contribution in [2.45, 2.75) is 12.2 Å². The highest BCUT2D eigenvalue weighted by Crippen LogP contribution is 2.39. The fraction of sp³-hybridized carbons (Fsp3) is 0.500. The van der Waals surface area contributed by atoms with E-state index in [4.69, 9.17) is 0 Å². The summed E-state index contributed by atoms with van der Waals surface area (Å²) in [6.45, 7) is 0. The van der Waals surface area contributed by atoms with Crippen molar-refractivity contribution in [1.29, 1.82) is 0 Å². The predicted octanol–water partition coefficient (Wildman–Crippen LogP) is 0.331. The number of hydrazine groups is 1. The number of carbonyl (C=O) groups excluding carboxylic acids is 1. The summed E-state index contributed by atoms with van der Waals surface area (Å²) in [4.78, 5) is 10.5. The van der Waals surface area contributed by atoms with Crippen molar-refractivity contribution in [3.63, 3.8) is 0 Å². The highest BCUT2D eigenvalue weighted by Gasteiger charge is 2.56. The summed E-state index contributed by atoms with van der Waals surface area (Å²) >= 11 is 0. The average Bonchev–Trinajstić information content (AvgIpc) is 2.21. The first-order chi connectivity index (χ1) is 6.58. The van der Waals surface area contributed by atoms with Gasteiger partial charge in [0.25, 0.3) is 5.91 Å². The highest BCUT2D eigenvalue weighted by molar-refractivity contribution is 5.95. The smallest absolute Gasteiger partial charge is 0.366 e. The first-order valence-corrected chi connectivity index (χ1v) is 3.58. The van der Waals surface area contributed by atoms with E-state index in [1.54, 1.807) is 0 Å². The summed E-state index contributed by atoms with van der Waals surface area (Å²) in [5, 5.41) is -0.129. The minimum absolute atomic E-state index is 0.129. The maximum Gasteiger partial charge on any atom is 0.433 e. The van der Waals surface area contributed by atoms with Crippen molar-refractivity contribution in [2.24, 2.45) is 5.73 Å². The summed E-state index contributed by atoms with van der Waals surface area (Å²) in [5.74, 6) is -1.82. The van der Waals surface area contributed by atoms with Gasteiger partial charge in [-0.3, -0.25) is 4.79 Å². The number of hydrogen-bond acceptors (Lipinski definition) is 3. The number of halogens is 5. The molecule has 9 heteroatoms. The molecular formula is C6H6F5N3O. The number of nitrogens with zero attached hydrogens (tertiary/aromatic N) is 1. The minimum Gasteiger partial charge on any atom is -0.366 e. The largest absolute Gasteiger partial charge is 0.433 e. The van der Waals surface area contributed by atoms with Crippen molar-refractivity contribution in [3.8, 4) is 0 Å². The van der Waals surface area contributed by atoms with Gasteiger partial charge in [0.05, 0.1) is 0 Å². The van der Waals surface area contributed by atoms with E-state index in [0.717, 1.165) is 0 Å². The molecule has 0 fully saturated rings. The van der Waals surface area contributed by atoms with Crippen molar-refractivity contribution in [1.82, 2.24) is 10.4 Å². The SMILES string of the molecule is CN1NC(C(F)(F)F)=C(C(N)=O)C1(F)F. The first kappa shape index (κ1) is 11.7. The second-order valence-electron chi connectivity index (χ2n) is 2.82. The number of hydrogen-bond donors (Lipinski definition) is 2. The van der Waals surface area contributed by atoms with Crippen LogP contribution in [0.4, 0.5) is 22.0 Å². The molecule has 1 heterocycles. The summed E-state index contributed by atoms with van der Waals surface area (Å²) in [7, 11) is 0.668. The third-order valence-electron chi connectivity index (χ3n) is 1.78. The lowest BCUT2D eigenvalue weighted by molar-refractivity contribution is -0.129. The van der Waals surface area contributed by atoms with Crippen LogP contribution < -0.4 is 11.2 Å². The van der Waals surface area contributed by atoms with Crippen LogP contribution in [0.1, 0.15) is 0 Å². The van der Waals surface area contributed by atoms with Crippen molar-refractivity contribution < 1.29 is 26.7 Å². The number of nitrogens with two attached hydrogens (primary N) is 1. The molecule has 1 aliphatic heterocycles. The molecule has 0 saturated heterocycles. The molecule has 0 bridgehead atoms. The molecular weight excluding hydrogens is 225 g/mol. The zero-order valence-corrected chi connectivity index (χ0v) is 7.32. The van der Waals surface area contributed by atoms with Crippen LogP contribution in [0.2, 0.25) is 0 Å². The Morgan fingerprint density at radius 3 is 2.20 bits per heavy atom. The molecule has 0 unspecified atom stereocenters. The van der Waals surface area contributed by atoms with Gasteiger partial charge in [0.15, 0.2) is 0 Å². The standard InChI is InChI=1S/C6H6F5N3O/c1-14-6(10,11)2(4(12)15)3(13-14)5(7,8)9/h13H,1H3,(H2,12,15). The Morgan fingerprint density at radius 1 is 1.47 bits per heavy atom. The molecule has 0 aromatic rings. The number of allylic oxidation sites excluding steroid dienone is 1. The van der Waals surface area contributed by atoms with E-state index in [-0.39, 0.29) is 5.01 Å². The van der Waals surface area contributed by atoms with Crippen molar-refractivity contribution >= 4 is 5.91 Å². The maximum atomic E-state index is 13.0. The number of primary amides is 1. The van der Waals surface area contributed by atoms with Gasteiger partial charge in [0, 0.05) is 7.05 Å². The predicted molar refractivity (Wildman–Crippen MR) is 38.1 cm³/mol. The van der Waals surface area contributed by atoms with Crippen LogP contribution in [-0.2, 0) is 4.79 Å². The number of rotatable bonds is 1. The molecule has 4 nitrogen and oxygen atoms in total. The Kier molecular flexibility index (Phi) is 2.38. The fourth-order valence-corrected chi connectivity index (χ4v) is 1.09. The Hall–Kier alpha value is -1.38. The molecule has 0 atom stereocenters. The first-order valence-electron chi connectivity index (χ1n) is 3.58. The van der Waals surface area contributed by atoms with E-state index in [0.29, 0.717) is 7.05 Å². The van der Waals surface area contributed by atoms with Gasteiger partial charge in [-0.2, -0.15) is 27.0 Å². The molecule has 1 amide bonds. The maximum absolute atomic E-state index is 13.0. The molecule has 0 saturated carbocycles. The second-order valence-corrected chi connectivity index (χ2v) is 2.82. The molecule has 0 aromatic carbocycles. The molecule has 0 radical (unpaired) electrons. The summed E-state index contributed by atoms with van der Waals surface area (Å²) < 4.78 is 62.7. The number of amides is 1. The van der Waals surface area contributed by atoms with Gasteiger partial charge in [-0.1, -0.05) is 0 Å². The summed E-state index contributed by atoms with van der Waals surface area (Å²) in [6, 6.07) is -4.07. The average molecular weight is 231 g/mol. The Bertz CT molecular complexity index is 334. The van der Waals surface area contributed by atoms with Crippen LogP contribution in [0.3, 0.4) is 0 Å². The molecule has 86 valence electrons. The van der Waals surface area contributed by atoms with Crippen molar-refractivity contribution in [2.75, 3.05) is 7.05 Å². The van der Waals surface area contributed by atoms with Crippen LogP contribution in [0.5, 0.6) is 0 Å². The van der Waals surface area contributed by atoms with Gasteiger partial charge in [0.1, 0.15) is 11.3 Å². The quantitative estimate of drug-likeness (QED) is 0.505. The zero-order valence-electron chi connectivity index (χ0n) is 7.32. The highest BCUT2D eigenvalue weighted by atomic mass is 19.4. The van der Waals surface area contributed by atoms with Crippen LogP contribution in [-0.4, -0.2) is 30.2 Å². The van der Waals surface area contributed by atoms with Gasteiger partial charge in [0.2, 0.25) is 0 Å². The number of alkyl halides is 5. The van der Waals surface area contributed by atoms with E-state index >= 15 is 0 Å². The lowest BCUT2D eigenvalue weighted by atomic mass is 10.1. The molecule has 1 rings (SSSR count). The van der Waals surface area contributed by atoms with E-state index in [2.05, 4.69) is 5.73 Å². The third-order valence-corrected chi connectivity index (χ3v) is 1.78. The van der Waals surface area contributed by atoms with Crippen LogP contribution in [0, 0.1) is 0 Å². The molecule has 3 N–H and O–H groups in total. The van der Waals surface area contributed by atoms with E-state index in [1.807, 2.05) is 0 Å². The van der Waals surface area contributed by atoms with Crippen LogP contribution in [0.15, 0.2) is 11.3 Å². The summed E-state index contributed by atoms with van der Waals surface area (Å²) in [5.41, 5.74) is 2.22. The molecule has 0 aliphatic carbocycles. The van der Waals surface area contributed by atoms with Gasteiger partial charge in [-0.25, -0.2) is 0 Å². The van der Waals surface area contributed by atoms with Crippen LogP contribution in [0.25, 0.3) is 0 Å². The second kappa shape index (κ2) is 3.05. The Balaban J connectivity index is 3.32. The fourth-order valence-electron chi connectivity index (χ4n) is 1.09. The lowest BCUT2D eigenvalue weighted by Crippen LogP contribution is -2.43. The normalized spacial score (nSPS) is 21.7. The number of likely N-dealkylation sites (N-methyl/N-ethyl adjacent to an activating group) is 1. The molecule has 0 spiro atoms. The Labute approximate surface area is 80.5 Å². The number of carbonyl (C=O) groups is 1. The van der Waals surface area contributed by atoms with Gasteiger partial charge in [-0.05, 0) is 0 Å². The number of nitrogens with one attached hydrogen (secondary N) is 1. The lowest BCUT2D eigenvalue weighted by Gasteiger charge is -2.19. The molecule has 15 heavy (non-hydrogen) atoms. The van der Waals surface area contributed by atoms with Gasteiger partial charge >= 0.3 is 12.2 Å². The minimum atomic E-state index is -5.08.